The summed E-state index contributed by atoms with van der Waals surface area (Å²) in [5.74, 6) is 0.533. The molecule has 0 spiro atoms. The molecule has 2 heterocycles. The minimum atomic E-state index is 0. The van der Waals surface area contributed by atoms with Gasteiger partial charge in [-0.2, -0.15) is 0 Å². The van der Waals surface area contributed by atoms with Crippen molar-refractivity contribution in [3.63, 3.8) is 0 Å². The number of hydrogen-bond acceptors (Lipinski definition) is 5. The highest BCUT2D eigenvalue weighted by Gasteiger charge is 2.15. The third-order valence-corrected chi connectivity index (χ3v) is 3.89. The molecule has 136 valence electrons. The molecule has 2 rings (SSSR count). The van der Waals surface area contributed by atoms with E-state index in [1.54, 1.807) is 0 Å². The average molecular weight is 442 g/mol. The molecule has 2 aliphatic rings. The van der Waals surface area contributed by atoms with Gasteiger partial charge in [-0.1, -0.05) is 0 Å². The van der Waals surface area contributed by atoms with Gasteiger partial charge in [0.2, 0.25) is 0 Å². The molecule has 2 aliphatic heterocycles. The number of nitrogens with two attached hydrogens (primary N) is 1. The number of morpholine rings is 1. The van der Waals surface area contributed by atoms with E-state index >= 15 is 0 Å². The van der Waals surface area contributed by atoms with Crippen LogP contribution in [-0.2, 0) is 14.2 Å². The fraction of sp³-hybridized carbons (Fsp3) is 0.933. The molecule has 0 aromatic rings. The Morgan fingerprint density at radius 1 is 1.22 bits per heavy atom. The fourth-order valence-electron chi connectivity index (χ4n) is 2.56. The van der Waals surface area contributed by atoms with Crippen LogP contribution in [0.25, 0.3) is 0 Å². The molecule has 2 saturated heterocycles. The van der Waals surface area contributed by atoms with Crippen molar-refractivity contribution in [1.82, 2.24) is 10.2 Å². The normalized spacial score (nSPS) is 22.8. The van der Waals surface area contributed by atoms with E-state index in [0.717, 1.165) is 78.5 Å². The average Bonchev–Trinajstić information content (AvgIpc) is 3.06. The molecular formula is C15H31IN4O3. The highest BCUT2D eigenvalue weighted by Crippen LogP contribution is 2.08. The van der Waals surface area contributed by atoms with Gasteiger partial charge in [0.1, 0.15) is 0 Å². The summed E-state index contributed by atoms with van der Waals surface area (Å²) >= 11 is 0. The van der Waals surface area contributed by atoms with Crippen LogP contribution < -0.4 is 11.1 Å². The molecule has 0 saturated carbocycles. The minimum absolute atomic E-state index is 0. The predicted octanol–water partition coefficient (Wildman–Crippen LogP) is 0.427. The Labute approximate surface area is 156 Å². The number of nitrogens with zero attached hydrogens (tertiary/aromatic N) is 2. The molecule has 0 aromatic heterocycles. The summed E-state index contributed by atoms with van der Waals surface area (Å²) in [5, 5.41) is 3.16. The van der Waals surface area contributed by atoms with Gasteiger partial charge in [-0.05, 0) is 25.8 Å². The van der Waals surface area contributed by atoms with E-state index < -0.39 is 0 Å². The molecule has 8 heteroatoms. The van der Waals surface area contributed by atoms with Gasteiger partial charge in [0.15, 0.2) is 5.96 Å². The van der Waals surface area contributed by atoms with Gasteiger partial charge in [0.05, 0.1) is 25.9 Å². The standard InChI is InChI=1S/C15H30N4O3.HI/c16-15(17-4-1-6-19-7-11-20-12-8-19)18-5-2-9-22-14-3-10-21-13-14;/h14H,1-13H2,(H3,16,17,18);1H. The molecule has 0 bridgehead atoms. The minimum Gasteiger partial charge on any atom is -0.379 e. The van der Waals surface area contributed by atoms with Crippen LogP contribution in [-0.4, -0.2) is 82.7 Å². The number of nitrogens with one attached hydrogen (secondary N) is 1. The maximum absolute atomic E-state index is 5.84. The van der Waals surface area contributed by atoms with E-state index in [4.69, 9.17) is 19.9 Å². The summed E-state index contributed by atoms with van der Waals surface area (Å²) in [6, 6.07) is 0. The van der Waals surface area contributed by atoms with Crippen molar-refractivity contribution in [3.05, 3.63) is 0 Å². The summed E-state index contributed by atoms with van der Waals surface area (Å²) in [6.07, 6.45) is 3.25. The van der Waals surface area contributed by atoms with Crippen LogP contribution in [0.2, 0.25) is 0 Å². The van der Waals surface area contributed by atoms with Crippen LogP contribution in [0.1, 0.15) is 19.3 Å². The van der Waals surface area contributed by atoms with Crippen LogP contribution in [0.15, 0.2) is 4.99 Å². The SMILES string of the molecule is I.NC(=NCCCOC1CCOC1)NCCCN1CCOCC1. The zero-order valence-electron chi connectivity index (χ0n) is 13.9. The Balaban J connectivity index is 0.00000264. The topological polar surface area (TPSA) is 81.3 Å². The summed E-state index contributed by atoms with van der Waals surface area (Å²) in [5.41, 5.74) is 5.84. The van der Waals surface area contributed by atoms with Gasteiger partial charge >= 0.3 is 0 Å². The van der Waals surface area contributed by atoms with Crippen LogP contribution in [0, 0.1) is 0 Å². The molecule has 7 nitrogen and oxygen atoms in total. The lowest BCUT2D eigenvalue weighted by atomic mass is 10.3. The van der Waals surface area contributed by atoms with Crippen molar-refractivity contribution in [3.8, 4) is 0 Å². The lowest BCUT2D eigenvalue weighted by molar-refractivity contribution is 0.0376. The van der Waals surface area contributed by atoms with Crippen LogP contribution in [0.3, 0.4) is 0 Å². The van der Waals surface area contributed by atoms with Crippen LogP contribution in [0.5, 0.6) is 0 Å². The molecule has 0 amide bonds. The third kappa shape index (κ3) is 9.65. The Hall–Kier alpha value is -0.160. The maximum Gasteiger partial charge on any atom is 0.188 e. The number of hydrogen-bond donors (Lipinski definition) is 2. The van der Waals surface area contributed by atoms with E-state index in [1.165, 1.54) is 0 Å². The number of guanidine groups is 1. The van der Waals surface area contributed by atoms with Gasteiger partial charge < -0.3 is 25.3 Å². The smallest absolute Gasteiger partial charge is 0.188 e. The van der Waals surface area contributed by atoms with Gasteiger partial charge in [-0.3, -0.25) is 9.89 Å². The van der Waals surface area contributed by atoms with Crippen molar-refractivity contribution < 1.29 is 14.2 Å². The van der Waals surface area contributed by atoms with E-state index in [0.29, 0.717) is 12.5 Å². The monoisotopic (exact) mass is 442 g/mol. The summed E-state index contributed by atoms with van der Waals surface area (Å²) in [6.45, 7) is 8.71. The maximum atomic E-state index is 5.84. The van der Waals surface area contributed by atoms with Gasteiger partial charge in [-0.15, -0.1) is 24.0 Å². The second-order valence-electron chi connectivity index (χ2n) is 5.71. The summed E-state index contributed by atoms with van der Waals surface area (Å²) < 4.78 is 16.3. The second-order valence-corrected chi connectivity index (χ2v) is 5.71. The van der Waals surface area contributed by atoms with Crippen LogP contribution in [0.4, 0.5) is 0 Å². The predicted molar refractivity (Wildman–Crippen MR) is 102 cm³/mol. The Morgan fingerprint density at radius 3 is 2.78 bits per heavy atom. The Bertz CT molecular complexity index is 322. The Kier molecular flexibility index (Phi) is 12.0. The van der Waals surface area contributed by atoms with Crippen molar-refractivity contribution >= 4 is 29.9 Å². The number of aliphatic imine (C=N–C) groups is 1. The second kappa shape index (κ2) is 13.2. The van der Waals surface area contributed by atoms with Crippen molar-refractivity contribution in [2.24, 2.45) is 10.7 Å². The van der Waals surface area contributed by atoms with Gasteiger partial charge in [0.25, 0.3) is 0 Å². The van der Waals surface area contributed by atoms with Gasteiger partial charge in [0, 0.05) is 39.4 Å². The summed E-state index contributed by atoms with van der Waals surface area (Å²) in [7, 11) is 0. The molecule has 0 aromatic carbocycles. The lowest BCUT2D eigenvalue weighted by Crippen LogP contribution is -2.39. The molecule has 23 heavy (non-hydrogen) atoms. The molecule has 0 aliphatic carbocycles. The van der Waals surface area contributed by atoms with E-state index in [2.05, 4.69) is 15.2 Å². The molecule has 3 N–H and O–H groups in total. The van der Waals surface area contributed by atoms with Crippen molar-refractivity contribution in [1.29, 1.82) is 0 Å². The number of ether oxygens (including phenoxy) is 3. The fourth-order valence-corrected chi connectivity index (χ4v) is 2.56. The third-order valence-electron chi connectivity index (χ3n) is 3.89. The first-order valence-corrected chi connectivity index (χ1v) is 8.38. The lowest BCUT2D eigenvalue weighted by Gasteiger charge is -2.26. The van der Waals surface area contributed by atoms with Crippen LogP contribution >= 0.6 is 24.0 Å². The highest BCUT2D eigenvalue weighted by molar-refractivity contribution is 14.0. The quantitative estimate of drug-likeness (QED) is 0.233. The van der Waals surface area contributed by atoms with Crippen molar-refractivity contribution in [2.45, 2.75) is 25.4 Å². The molecule has 0 radical (unpaired) electrons. The molecule has 1 atom stereocenters. The molecular weight excluding hydrogens is 411 g/mol. The first-order valence-electron chi connectivity index (χ1n) is 8.38. The summed E-state index contributed by atoms with van der Waals surface area (Å²) in [4.78, 5) is 6.73. The number of halogens is 1. The molecule has 2 fully saturated rings. The van der Waals surface area contributed by atoms with E-state index in [-0.39, 0.29) is 30.1 Å². The highest BCUT2D eigenvalue weighted by atomic mass is 127. The zero-order chi connectivity index (χ0) is 15.5. The van der Waals surface area contributed by atoms with Gasteiger partial charge in [-0.25, -0.2) is 0 Å². The van der Waals surface area contributed by atoms with Crippen molar-refractivity contribution in [2.75, 3.05) is 65.8 Å². The van der Waals surface area contributed by atoms with E-state index in [1.807, 2.05) is 0 Å². The van der Waals surface area contributed by atoms with E-state index in [9.17, 15) is 0 Å². The molecule has 1 unspecified atom stereocenters. The largest absolute Gasteiger partial charge is 0.379 e. The first-order chi connectivity index (χ1) is 10.8. The zero-order valence-corrected chi connectivity index (χ0v) is 16.2. The Morgan fingerprint density at radius 2 is 2.04 bits per heavy atom. The first kappa shape index (κ1) is 20.9. The number of rotatable bonds is 9.